The minimum Gasteiger partial charge on any atom is -0.316 e. The Labute approximate surface area is 114 Å². The number of nitrogens with zero attached hydrogens (tertiary/aromatic N) is 1. The minimum atomic E-state index is 0.0862. The monoisotopic (exact) mass is 267 g/mol. The Bertz CT molecular complexity index is 398. The standard InChI is InChI=1S/C14H25N3S/c1-5-12-11(4)18-13(17-12)14(16-6-2)7-8-15-9-10(14)3/h10,15-16H,5-9H2,1-4H3. The van der Waals surface area contributed by atoms with Gasteiger partial charge in [-0.3, -0.25) is 0 Å². The molecule has 1 aromatic rings. The molecule has 3 nitrogen and oxygen atoms in total. The molecule has 102 valence electrons. The Hall–Kier alpha value is -0.450. The number of aromatic nitrogens is 1. The van der Waals surface area contributed by atoms with E-state index >= 15 is 0 Å². The van der Waals surface area contributed by atoms with Crippen molar-refractivity contribution in [2.24, 2.45) is 5.92 Å². The Morgan fingerprint density at radius 2 is 2.28 bits per heavy atom. The molecule has 0 amide bonds. The number of rotatable bonds is 4. The molecule has 2 N–H and O–H groups in total. The fraction of sp³-hybridized carbons (Fsp3) is 0.786. The summed E-state index contributed by atoms with van der Waals surface area (Å²) in [6.07, 6.45) is 2.18. The molecule has 2 rings (SSSR count). The lowest BCUT2D eigenvalue weighted by Crippen LogP contribution is -2.55. The van der Waals surface area contributed by atoms with Gasteiger partial charge < -0.3 is 10.6 Å². The van der Waals surface area contributed by atoms with E-state index < -0.39 is 0 Å². The molecular weight excluding hydrogens is 242 g/mol. The van der Waals surface area contributed by atoms with Gasteiger partial charge in [0.1, 0.15) is 5.01 Å². The van der Waals surface area contributed by atoms with Crippen LogP contribution in [0.4, 0.5) is 0 Å². The Morgan fingerprint density at radius 3 is 2.83 bits per heavy atom. The molecule has 1 aromatic heterocycles. The van der Waals surface area contributed by atoms with Crippen LogP contribution in [0.1, 0.15) is 42.8 Å². The predicted octanol–water partition coefficient (Wildman–Crippen LogP) is 2.45. The number of hydrogen-bond acceptors (Lipinski definition) is 4. The molecule has 2 atom stereocenters. The van der Waals surface area contributed by atoms with Crippen molar-refractivity contribution in [2.75, 3.05) is 19.6 Å². The summed E-state index contributed by atoms with van der Waals surface area (Å²) in [4.78, 5) is 6.31. The van der Waals surface area contributed by atoms with Gasteiger partial charge in [0, 0.05) is 4.88 Å². The van der Waals surface area contributed by atoms with Crippen LogP contribution >= 0.6 is 11.3 Å². The van der Waals surface area contributed by atoms with Crippen molar-refractivity contribution in [3.05, 3.63) is 15.6 Å². The van der Waals surface area contributed by atoms with E-state index in [4.69, 9.17) is 4.98 Å². The molecule has 2 heterocycles. The van der Waals surface area contributed by atoms with Gasteiger partial charge in [0.2, 0.25) is 0 Å². The zero-order valence-corrected chi connectivity index (χ0v) is 12.8. The Morgan fingerprint density at radius 1 is 1.50 bits per heavy atom. The third kappa shape index (κ3) is 2.33. The van der Waals surface area contributed by atoms with Crippen LogP contribution in [-0.4, -0.2) is 24.6 Å². The molecule has 1 fully saturated rings. The fourth-order valence-electron chi connectivity index (χ4n) is 2.94. The van der Waals surface area contributed by atoms with Crippen LogP contribution in [0.15, 0.2) is 0 Å². The van der Waals surface area contributed by atoms with Crippen LogP contribution in [-0.2, 0) is 12.0 Å². The summed E-state index contributed by atoms with van der Waals surface area (Å²) in [5.41, 5.74) is 1.36. The Balaban J connectivity index is 2.38. The molecule has 0 spiro atoms. The highest BCUT2D eigenvalue weighted by Crippen LogP contribution is 2.38. The highest BCUT2D eigenvalue weighted by atomic mass is 32.1. The first-order chi connectivity index (χ1) is 8.64. The van der Waals surface area contributed by atoms with Gasteiger partial charge >= 0.3 is 0 Å². The van der Waals surface area contributed by atoms with Crippen LogP contribution in [0.3, 0.4) is 0 Å². The first-order valence-corrected chi connectivity index (χ1v) is 7.88. The molecule has 0 aromatic carbocycles. The molecule has 2 unspecified atom stereocenters. The summed E-state index contributed by atoms with van der Waals surface area (Å²) in [6.45, 7) is 12.1. The number of aryl methyl sites for hydroxylation is 2. The molecule has 18 heavy (non-hydrogen) atoms. The van der Waals surface area contributed by atoms with Crippen molar-refractivity contribution in [3.8, 4) is 0 Å². The van der Waals surface area contributed by atoms with Gasteiger partial charge in [-0.05, 0) is 45.3 Å². The lowest BCUT2D eigenvalue weighted by Gasteiger charge is -2.42. The molecular formula is C14H25N3S. The molecule has 0 aliphatic carbocycles. The van der Waals surface area contributed by atoms with E-state index in [1.807, 2.05) is 11.3 Å². The van der Waals surface area contributed by atoms with Crippen LogP contribution in [0.5, 0.6) is 0 Å². The van der Waals surface area contributed by atoms with Gasteiger partial charge in [-0.2, -0.15) is 0 Å². The summed E-state index contributed by atoms with van der Waals surface area (Å²) in [6, 6.07) is 0. The van der Waals surface area contributed by atoms with Crippen molar-refractivity contribution in [2.45, 2.75) is 46.1 Å². The lowest BCUT2D eigenvalue weighted by molar-refractivity contribution is 0.170. The van der Waals surface area contributed by atoms with Crippen LogP contribution in [0.25, 0.3) is 0 Å². The summed E-state index contributed by atoms with van der Waals surface area (Å²) in [7, 11) is 0. The minimum absolute atomic E-state index is 0.0862. The van der Waals surface area contributed by atoms with E-state index in [1.54, 1.807) is 0 Å². The van der Waals surface area contributed by atoms with Crippen molar-refractivity contribution in [3.63, 3.8) is 0 Å². The molecule has 0 saturated carbocycles. The van der Waals surface area contributed by atoms with Crippen molar-refractivity contribution >= 4 is 11.3 Å². The summed E-state index contributed by atoms with van der Waals surface area (Å²) in [5.74, 6) is 0.585. The summed E-state index contributed by atoms with van der Waals surface area (Å²) >= 11 is 1.89. The Kier molecular flexibility index (Phi) is 4.41. The van der Waals surface area contributed by atoms with Crippen LogP contribution in [0, 0.1) is 12.8 Å². The second-order valence-corrected chi connectivity index (χ2v) is 6.44. The van der Waals surface area contributed by atoms with Gasteiger partial charge in [0.05, 0.1) is 11.2 Å². The van der Waals surface area contributed by atoms with Crippen LogP contribution in [0.2, 0.25) is 0 Å². The van der Waals surface area contributed by atoms with Crippen LogP contribution < -0.4 is 10.6 Å². The van der Waals surface area contributed by atoms with Gasteiger partial charge in [0.25, 0.3) is 0 Å². The van der Waals surface area contributed by atoms with E-state index in [9.17, 15) is 0 Å². The molecule has 1 saturated heterocycles. The first-order valence-electron chi connectivity index (χ1n) is 7.06. The maximum absolute atomic E-state index is 4.92. The zero-order chi connectivity index (χ0) is 13.2. The molecule has 4 heteroatoms. The van der Waals surface area contributed by atoms with E-state index in [0.29, 0.717) is 5.92 Å². The number of thiazole rings is 1. The molecule has 0 radical (unpaired) electrons. The number of hydrogen-bond donors (Lipinski definition) is 2. The summed E-state index contributed by atoms with van der Waals surface area (Å²) < 4.78 is 0. The second-order valence-electron chi connectivity index (χ2n) is 5.23. The maximum atomic E-state index is 4.92. The number of nitrogens with one attached hydrogen (secondary N) is 2. The van der Waals surface area contributed by atoms with E-state index in [-0.39, 0.29) is 5.54 Å². The van der Waals surface area contributed by atoms with Crippen molar-refractivity contribution in [1.82, 2.24) is 15.6 Å². The number of piperidine rings is 1. The van der Waals surface area contributed by atoms with Gasteiger partial charge in [0.15, 0.2) is 0 Å². The average Bonchev–Trinajstić information content (AvgIpc) is 2.74. The predicted molar refractivity (Wildman–Crippen MR) is 78.2 cm³/mol. The van der Waals surface area contributed by atoms with Crippen molar-refractivity contribution < 1.29 is 0 Å². The SMILES string of the molecule is CCNC1(c2nc(CC)c(C)s2)CCNCC1C. The quantitative estimate of drug-likeness (QED) is 0.880. The van der Waals surface area contributed by atoms with E-state index in [0.717, 1.165) is 32.5 Å². The highest BCUT2D eigenvalue weighted by Gasteiger charge is 2.41. The third-order valence-electron chi connectivity index (χ3n) is 4.09. The topological polar surface area (TPSA) is 37.0 Å². The normalized spacial score (nSPS) is 28.6. The maximum Gasteiger partial charge on any atom is 0.114 e. The average molecular weight is 267 g/mol. The second kappa shape index (κ2) is 5.68. The molecule has 1 aliphatic rings. The highest BCUT2D eigenvalue weighted by molar-refractivity contribution is 7.11. The zero-order valence-electron chi connectivity index (χ0n) is 12.0. The van der Waals surface area contributed by atoms with E-state index in [2.05, 4.69) is 38.3 Å². The lowest BCUT2D eigenvalue weighted by atomic mass is 9.80. The smallest absolute Gasteiger partial charge is 0.114 e. The first kappa shape index (κ1) is 14.0. The summed E-state index contributed by atoms with van der Waals surface area (Å²) in [5, 5.41) is 8.53. The molecule has 1 aliphatic heterocycles. The van der Waals surface area contributed by atoms with E-state index in [1.165, 1.54) is 15.6 Å². The fourth-order valence-corrected chi connectivity index (χ4v) is 4.25. The van der Waals surface area contributed by atoms with Crippen molar-refractivity contribution in [1.29, 1.82) is 0 Å². The molecule has 0 bridgehead atoms. The van der Waals surface area contributed by atoms with Gasteiger partial charge in [-0.15, -0.1) is 11.3 Å². The largest absolute Gasteiger partial charge is 0.316 e. The van der Waals surface area contributed by atoms with Gasteiger partial charge in [-0.25, -0.2) is 4.98 Å². The van der Waals surface area contributed by atoms with Gasteiger partial charge in [-0.1, -0.05) is 20.8 Å². The third-order valence-corrected chi connectivity index (χ3v) is 5.28.